The van der Waals surface area contributed by atoms with E-state index in [1.807, 2.05) is 59.7 Å². The number of hydrogen-bond acceptors (Lipinski definition) is 2. The number of nitrogens with zero attached hydrogens (tertiary/aromatic N) is 3. The number of rotatable bonds is 5. The summed E-state index contributed by atoms with van der Waals surface area (Å²) in [5.41, 5.74) is 4.13. The molecule has 0 spiro atoms. The van der Waals surface area contributed by atoms with Crippen LogP contribution in [0.2, 0.25) is 0 Å². The molecule has 1 amide bonds. The smallest absolute Gasteiger partial charge is 0.242 e. The summed E-state index contributed by atoms with van der Waals surface area (Å²) >= 11 is 0. The second-order valence-electron chi connectivity index (χ2n) is 5.95. The molecule has 0 bridgehead atoms. The number of imidazole rings is 1. The predicted octanol–water partition coefficient (Wildman–Crippen LogP) is 3.88. The number of amides is 1. The summed E-state index contributed by atoms with van der Waals surface area (Å²) in [4.78, 5) is 19.3. The summed E-state index contributed by atoms with van der Waals surface area (Å²) in [6, 6.07) is 16.2. The van der Waals surface area contributed by atoms with Gasteiger partial charge in [0.2, 0.25) is 5.91 Å². The van der Waals surface area contributed by atoms with Crippen LogP contribution in [-0.4, -0.2) is 33.4 Å². The molecule has 0 radical (unpaired) electrons. The van der Waals surface area contributed by atoms with Gasteiger partial charge in [-0.05, 0) is 39.0 Å². The van der Waals surface area contributed by atoms with Crippen molar-refractivity contribution in [3.05, 3.63) is 54.1 Å². The topological polar surface area (TPSA) is 38.1 Å². The number of aryl methyl sites for hydroxylation is 1. The molecular formula is C20H23N3O. The normalized spacial score (nSPS) is 11.0. The van der Waals surface area contributed by atoms with Gasteiger partial charge in [-0.1, -0.05) is 35.9 Å². The highest BCUT2D eigenvalue weighted by Crippen LogP contribution is 2.25. The van der Waals surface area contributed by atoms with Gasteiger partial charge >= 0.3 is 0 Å². The lowest BCUT2D eigenvalue weighted by molar-refractivity contribution is -0.131. The van der Waals surface area contributed by atoms with Gasteiger partial charge in [-0.3, -0.25) is 4.79 Å². The Balaban J connectivity index is 2.11. The number of aromatic nitrogens is 2. The number of benzene rings is 2. The summed E-state index contributed by atoms with van der Waals surface area (Å²) in [5, 5.41) is 0. The van der Waals surface area contributed by atoms with Crippen LogP contribution in [0, 0.1) is 6.92 Å². The first kappa shape index (κ1) is 16.2. The lowest BCUT2D eigenvalue weighted by Gasteiger charge is -2.20. The second kappa shape index (κ2) is 6.87. The van der Waals surface area contributed by atoms with E-state index in [0.717, 1.165) is 35.5 Å². The molecule has 0 aliphatic rings. The maximum Gasteiger partial charge on any atom is 0.242 e. The van der Waals surface area contributed by atoms with Gasteiger partial charge in [0.25, 0.3) is 0 Å². The van der Waals surface area contributed by atoms with E-state index in [2.05, 4.69) is 19.1 Å². The summed E-state index contributed by atoms with van der Waals surface area (Å²) in [6.07, 6.45) is 0. The van der Waals surface area contributed by atoms with E-state index >= 15 is 0 Å². The Hall–Kier alpha value is -2.62. The Morgan fingerprint density at radius 2 is 1.83 bits per heavy atom. The number of carbonyl (C=O) groups is 1. The molecule has 4 heteroatoms. The molecule has 3 aromatic rings. The zero-order valence-electron chi connectivity index (χ0n) is 14.5. The highest BCUT2D eigenvalue weighted by molar-refractivity contribution is 5.84. The zero-order chi connectivity index (χ0) is 17.1. The van der Waals surface area contributed by atoms with Crippen LogP contribution in [0.1, 0.15) is 19.4 Å². The standard InChI is InChI=1S/C20H23N3O/c1-4-22(5-2)19(24)14-23-18-12-7-6-11-17(18)21-20(23)16-10-8-9-15(3)13-16/h6-13H,4-5,14H2,1-3H3. The van der Waals surface area contributed by atoms with Crippen LogP contribution in [-0.2, 0) is 11.3 Å². The van der Waals surface area contributed by atoms with Gasteiger partial charge in [-0.2, -0.15) is 0 Å². The van der Waals surface area contributed by atoms with E-state index in [4.69, 9.17) is 4.98 Å². The molecule has 124 valence electrons. The predicted molar refractivity (Wildman–Crippen MR) is 97.8 cm³/mol. The first-order valence-corrected chi connectivity index (χ1v) is 8.44. The molecule has 3 rings (SSSR count). The van der Waals surface area contributed by atoms with Gasteiger partial charge < -0.3 is 9.47 Å². The third-order valence-corrected chi connectivity index (χ3v) is 4.34. The fourth-order valence-corrected chi connectivity index (χ4v) is 3.05. The third kappa shape index (κ3) is 3.04. The van der Waals surface area contributed by atoms with Crippen LogP contribution in [0.5, 0.6) is 0 Å². The van der Waals surface area contributed by atoms with E-state index in [-0.39, 0.29) is 5.91 Å². The average Bonchev–Trinajstić information content (AvgIpc) is 2.95. The Morgan fingerprint density at radius 3 is 2.54 bits per heavy atom. The molecule has 0 saturated heterocycles. The number of para-hydroxylation sites is 2. The van der Waals surface area contributed by atoms with Crippen molar-refractivity contribution in [1.82, 2.24) is 14.5 Å². The van der Waals surface area contributed by atoms with Gasteiger partial charge in [0.05, 0.1) is 11.0 Å². The lowest BCUT2D eigenvalue weighted by Crippen LogP contribution is -2.33. The molecule has 0 aliphatic carbocycles. The van der Waals surface area contributed by atoms with Crippen molar-refractivity contribution < 1.29 is 4.79 Å². The van der Waals surface area contributed by atoms with Crippen LogP contribution in [0.4, 0.5) is 0 Å². The zero-order valence-corrected chi connectivity index (χ0v) is 14.5. The maximum atomic E-state index is 12.6. The Bertz CT molecular complexity index is 862. The second-order valence-corrected chi connectivity index (χ2v) is 5.95. The van der Waals surface area contributed by atoms with E-state index in [0.29, 0.717) is 6.54 Å². The number of carbonyl (C=O) groups excluding carboxylic acids is 1. The van der Waals surface area contributed by atoms with Crippen LogP contribution in [0.3, 0.4) is 0 Å². The first-order valence-electron chi connectivity index (χ1n) is 8.44. The highest BCUT2D eigenvalue weighted by Gasteiger charge is 2.17. The van der Waals surface area contributed by atoms with E-state index in [9.17, 15) is 4.79 Å². The van der Waals surface area contributed by atoms with Gasteiger partial charge in [0.1, 0.15) is 12.4 Å². The van der Waals surface area contributed by atoms with Crippen LogP contribution < -0.4 is 0 Å². The van der Waals surface area contributed by atoms with Crippen LogP contribution in [0.25, 0.3) is 22.4 Å². The third-order valence-electron chi connectivity index (χ3n) is 4.34. The minimum absolute atomic E-state index is 0.122. The monoisotopic (exact) mass is 321 g/mol. The van der Waals surface area contributed by atoms with E-state index < -0.39 is 0 Å². The molecule has 24 heavy (non-hydrogen) atoms. The van der Waals surface area contributed by atoms with E-state index in [1.165, 1.54) is 5.56 Å². The fraction of sp³-hybridized carbons (Fsp3) is 0.300. The van der Waals surface area contributed by atoms with Crippen molar-refractivity contribution in [2.75, 3.05) is 13.1 Å². The summed E-state index contributed by atoms with van der Waals surface area (Å²) < 4.78 is 2.03. The molecule has 2 aromatic carbocycles. The van der Waals surface area contributed by atoms with Crippen molar-refractivity contribution >= 4 is 16.9 Å². The fourth-order valence-electron chi connectivity index (χ4n) is 3.05. The first-order chi connectivity index (χ1) is 11.6. The molecule has 4 nitrogen and oxygen atoms in total. The molecule has 0 atom stereocenters. The minimum atomic E-state index is 0.122. The molecule has 1 heterocycles. The minimum Gasteiger partial charge on any atom is -0.342 e. The molecule has 0 unspecified atom stereocenters. The molecule has 0 saturated carbocycles. The lowest BCUT2D eigenvalue weighted by atomic mass is 10.1. The maximum absolute atomic E-state index is 12.6. The Kier molecular flexibility index (Phi) is 4.65. The van der Waals surface area contributed by atoms with Crippen molar-refractivity contribution in [2.45, 2.75) is 27.3 Å². The van der Waals surface area contributed by atoms with Crippen molar-refractivity contribution in [1.29, 1.82) is 0 Å². The Morgan fingerprint density at radius 1 is 1.08 bits per heavy atom. The summed E-state index contributed by atoms with van der Waals surface area (Å²) in [5.74, 6) is 0.970. The molecule has 0 N–H and O–H groups in total. The number of hydrogen-bond donors (Lipinski definition) is 0. The van der Waals surface area contributed by atoms with Crippen molar-refractivity contribution in [3.63, 3.8) is 0 Å². The van der Waals surface area contributed by atoms with Gasteiger partial charge in [0, 0.05) is 18.7 Å². The van der Waals surface area contributed by atoms with E-state index in [1.54, 1.807) is 0 Å². The van der Waals surface area contributed by atoms with Gasteiger partial charge in [-0.25, -0.2) is 4.98 Å². The molecule has 0 aliphatic heterocycles. The SMILES string of the molecule is CCN(CC)C(=O)Cn1c(-c2cccc(C)c2)nc2ccccc21. The van der Waals surface area contributed by atoms with Gasteiger partial charge in [0.15, 0.2) is 0 Å². The molecular weight excluding hydrogens is 298 g/mol. The quantitative estimate of drug-likeness (QED) is 0.715. The van der Waals surface area contributed by atoms with Crippen LogP contribution >= 0.6 is 0 Å². The van der Waals surface area contributed by atoms with Crippen LogP contribution in [0.15, 0.2) is 48.5 Å². The number of likely N-dealkylation sites (N-methyl/N-ethyl adjacent to an activating group) is 1. The molecule has 0 fully saturated rings. The van der Waals surface area contributed by atoms with Gasteiger partial charge in [-0.15, -0.1) is 0 Å². The molecule has 1 aromatic heterocycles. The summed E-state index contributed by atoms with van der Waals surface area (Å²) in [7, 11) is 0. The van der Waals surface area contributed by atoms with Crippen molar-refractivity contribution in [3.8, 4) is 11.4 Å². The largest absolute Gasteiger partial charge is 0.342 e. The average molecular weight is 321 g/mol. The van der Waals surface area contributed by atoms with Crippen molar-refractivity contribution in [2.24, 2.45) is 0 Å². The summed E-state index contributed by atoms with van der Waals surface area (Å²) in [6.45, 7) is 7.84. The number of fused-ring (bicyclic) bond motifs is 1. The Labute approximate surface area is 142 Å². The highest BCUT2D eigenvalue weighted by atomic mass is 16.2.